The summed E-state index contributed by atoms with van der Waals surface area (Å²) in [7, 11) is 0. The van der Waals surface area contributed by atoms with Crippen LogP contribution < -0.4 is 5.01 Å². The van der Waals surface area contributed by atoms with Crippen LogP contribution in [0.2, 0.25) is 0 Å². The molecule has 0 bridgehead atoms. The fraction of sp³-hybridized carbons (Fsp3) is 0.0800. The number of hydrogen-bond donors (Lipinski definition) is 0. The lowest BCUT2D eigenvalue weighted by molar-refractivity contribution is -0.114. The molecule has 0 atom stereocenters. The third kappa shape index (κ3) is 3.48. The molecule has 3 heterocycles. The summed E-state index contributed by atoms with van der Waals surface area (Å²) in [5.74, 6) is 1.28. The summed E-state index contributed by atoms with van der Waals surface area (Å²) in [4.78, 5) is 13.1. The van der Waals surface area contributed by atoms with Crippen molar-refractivity contribution in [3.8, 4) is 17.1 Å². The van der Waals surface area contributed by atoms with Gasteiger partial charge in [-0.25, -0.2) is 4.68 Å². The van der Waals surface area contributed by atoms with Crippen molar-refractivity contribution in [1.82, 2.24) is 9.78 Å². The van der Waals surface area contributed by atoms with Crippen molar-refractivity contribution in [2.45, 2.75) is 13.8 Å². The smallest absolute Gasteiger partial charge is 0.280 e. The number of aromatic nitrogens is 2. The predicted octanol–water partition coefficient (Wildman–Crippen LogP) is 5.25. The van der Waals surface area contributed by atoms with Crippen LogP contribution in [0, 0.1) is 6.92 Å². The standard InChI is InChI=1S/C25H20N4O2/c1-17-13-14-23(31-17)24-19(16-28(27-24)20-9-5-3-6-10-20)15-22-18(2)26-29(25(22)30)21-11-7-4-8-12-21/h3-16H,1-2H3/b22-15+. The van der Waals surface area contributed by atoms with Crippen molar-refractivity contribution in [3.63, 3.8) is 0 Å². The largest absolute Gasteiger partial charge is 0.460 e. The summed E-state index contributed by atoms with van der Waals surface area (Å²) >= 11 is 0. The van der Waals surface area contributed by atoms with Crippen LogP contribution in [0.1, 0.15) is 18.2 Å². The van der Waals surface area contributed by atoms with Gasteiger partial charge >= 0.3 is 0 Å². The van der Waals surface area contributed by atoms with Gasteiger partial charge < -0.3 is 4.42 Å². The van der Waals surface area contributed by atoms with Crippen LogP contribution in [0.5, 0.6) is 0 Å². The van der Waals surface area contributed by atoms with E-state index in [1.165, 1.54) is 5.01 Å². The van der Waals surface area contributed by atoms with Gasteiger partial charge in [-0.05, 0) is 56.3 Å². The maximum absolute atomic E-state index is 13.1. The number of anilines is 1. The molecule has 0 spiro atoms. The Morgan fingerprint density at radius 1 is 0.871 bits per heavy atom. The van der Waals surface area contributed by atoms with Crippen molar-refractivity contribution >= 4 is 23.4 Å². The van der Waals surface area contributed by atoms with Gasteiger partial charge in [0.2, 0.25) is 0 Å². The van der Waals surface area contributed by atoms with E-state index in [4.69, 9.17) is 9.52 Å². The van der Waals surface area contributed by atoms with Gasteiger partial charge in [0.1, 0.15) is 11.5 Å². The van der Waals surface area contributed by atoms with E-state index in [-0.39, 0.29) is 5.91 Å². The van der Waals surface area contributed by atoms with Crippen LogP contribution in [-0.4, -0.2) is 21.4 Å². The first kappa shape index (κ1) is 18.8. The second kappa shape index (κ2) is 7.57. The molecule has 0 fully saturated rings. The number of furan rings is 1. The fourth-order valence-electron chi connectivity index (χ4n) is 3.54. The molecule has 2 aromatic heterocycles. The Balaban J connectivity index is 1.60. The number of amides is 1. The van der Waals surface area contributed by atoms with Gasteiger partial charge in [0.25, 0.3) is 5.91 Å². The van der Waals surface area contributed by atoms with E-state index in [1.54, 1.807) is 4.68 Å². The molecule has 4 aromatic rings. The minimum atomic E-state index is -0.169. The monoisotopic (exact) mass is 408 g/mol. The third-order valence-corrected chi connectivity index (χ3v) is 5.10. The van der Waals surface area contributed by atoms with Gasteiger partial charge in [-0.2, -0.15) is 15.2 Å². The Morgan fingerprint density at radius 3 is 2.19 bits per heavy atom. The number of hydrazone groups is 1. The highest BCUT2D eigenvalue weighted by molar-refractivity contribution is 6.32. The molecule has 2 aromatic carbocycles. The summed E-state index contributed by atoms with van der Waals surface area (Å²) in [6.07, 6.45) is 3.74. The van der Waals surface area contributed by atoms with Gasteiger partial charge in [0.05, 0.1) is 22.7 Å². The van der Waals surface area contributed by atoms with Crippen molar-refractivity contribution in [2.75, 3.05) is 5.01 Å². The second-order valence-corrected chi connectivity index (χ2v) is 7.32. The predicted molar refractivity (Wildman–Crippen MR) is 121 cm³/mol. The highest BCUT2D eigenvalue weighted by Crippen LogP contribution is 2.30. The Kier molecular flexibility index (Phi) is 4.59. The third-order valence-electron chi connectivity index (χ3n) is 5.10. The summed E-state index contributed by atoms with van der Waals surface area (Å²) in [6.45, 7) is 3.73. The Morgan fingerprint density at radius 2 is 1.55 bits per heavy atom. The lowest BCUT2D eigenvalue weighted by atomic mass is 10.1. The van der Waals surface area contributed by atoms with Crippen molar-refractivity contribution in [2.24, 2.45) is 5.10 Å². The number of nitrogens with zero attached hydrogens (tertiary/aromatic N) is 4. The molecule has 6 heteroatoms. The molecule has 1 amide bonds. The van der Waals surface area contributed by atoms with Gasteiger partial charge in [-0.15, -0.1) is 0 Å². The zero-order chi connectivity index (χ0) is 21.4. The topological polar surface area (TPSA) is 63.6 Å². The molecule has 1 aliphatic rings. The Bertz CT molecular complexity index is 1310. The van der Waals surface area contributed by atoms with Gasteiger partial charge in [-0.3, -0.25) is 4.79 Å². The molecule has 31 heavy (non-hydrogen) atoms. The molecule has 0 unspecified atom stereocenters. The van der Waals surface area contributed by atoms with Crippen molar-refractivity contribution in [1.29, 1.82) is 0 Å². The zero-order valence-electron chi connectivity index (χ0n) is 17.2. The van der Waals surface area contributed by atoms with E-state index < -0.39 is 0 Å². The Hall–Kier alpha value is -4.19. The van der Waals surface area contributed by atoms with Gasteiger partial charge in [0.15, 0.2) is 5.76 Å². The van der Waals surface area contributed by atoms with E-state index in [9.17, 15) is 4.79 Å². The SMILES string of the molecule is CC1=NN(c2ccccc2)C(=O)/C1=C/c1cn(-c2ccccc2)nc1-c1ccc(C)o1. The van der Waals surface area contributed by atoms with Gasteiger partial charge in [0, 0.05) is 11.8 Å². The van der Waals surface area contributed by atoms with Crippen LogP contribution in [0.3, 0.4) is 0 Å². The first-order chi connectivity index (χ1) is 15.1. The number of para-hydroxylation sites is 2. The first-order valence-electron chi connectivity index (χ1n) is 9.99. The minimum absolute atomic E-state index is 0.169. The number of hydrogen-bond acceptors (Lipinski definition) is 4. The maximum atomic E-state index is 13.1. The molecular formula is C25H20N4O2. The molecular weight excluding hydrogens is 388 g/mol. The highest BCUT2D eigenvalue weighted by Gasteiger charge is 2.29. The molecule has 0 saturated heterocycles. The fourth-order valence-corrected chi connectivity index (χ4v) is 3.54. The number of rotatable bonds is 4. The molecule has 152 valence electrons. The van der Waals surface area contributed by atoms with Crippen molar-refractivity contribution in [3.05, 3.63) is 95.9 Å². The van der Waals surface area contributed by atoms with Crippen LogP contribution in [0.4, 0.5) is 5.69 Å². The Labute approximate surface area is 179 Å². The highest BCUT2D eigenvalue weighted by atomic mass is 16.3. The molecule has 0 saturated carbocycles. The number of carbonyl (C=O) groups excluding carboxylic acids is 1. The normalized spacial score (nSPS) is 15.0. The van der Waals surface area contributed by atoms with E-state index in [0.29, 0.717) is 22.7 Å². The summed E-state index contributed by atoms with van der Waals surface area (Å²) in [5.41, 5.74) is 4.29. The molecule has 6 nitrogen and oxygen atoms in total. The van der Waals surface area contributed by atoms with Crippen LogP contribution >= 0.6 is 0 Å². The van der Waals surface area contributed by atoms with Gasteiger partial charge in [-0.1, -0.05) is 36.4 Å². The first-order valence-corrected chi connectivity index (χ1v) is 9.99. The lowest BCUT2D eigenvalue weighted by Crippen LogP contribution is -2.21. The summed E-state index contributed by atoms with van der Waals surface area (Å²) < 4.78 is 7.63. The van der Waals surface area contributed by atoms with E-state index in [2.05, 4.69) is 5.10 Å². The minimum Gasteiger partial charge on any atom is -0.460 e. The molecule has 0 radical (unpaired) electrons. The van der Waals surface area contributed by atoms with Crippen LogP contribution in [-0.2, 0) is 4.79 Å². The average molecular weight is 408 g/mol. The van der Waals surface area contributed by atoms with E-state index >= 15 is 0 Å². The maximum Gasteiger partial charge on any atom is 0.280 e. The van der Waals surface area contributed by atoms with Crippen molar-refractivity contribution < 1.29 is 9.21 Å². The summed E-state index contributed by atoms with van der Waals surface area (Å²) in [6, 6.07) is 23.0. The van der Waals surface area contributed by atoms with E-state index in [1.807, 2.05) is 98.9 Å². The molecule has 0 N–H and O–H groups in total. The molecule has 5 rings (SSSR count). The number of benzene rings is 2. The average Bonchev–Trinajstić information content (AvgIpc) is 3.49. The number of carbonyl (C=O) groups is 1. The quantitative estimate of drug-likeness (QED) is 0.434. The lowest BCUT2D eigenvalue weighted by Gasteiger charge is -2.10. The second-order valence-electron chi connectivity index (χ2n) is 7.32. The molecule has 1 aliphatic heterocycles. The number of aryl methyl sites for hydroxylation is 1. The summed E-state index contributed by atoms with van der Waals surface area (Å²) in [5, 5.41) is 10.6. The molecule has 0 aliphatic carbocycles. The zero-order valence-corrected chi connectivity index (χ0v) is 17.2. The van der Waals surface area contributed by atoms with E-state index in [0.717, 1.165) is 22.7 Å². The van der Waals surface area contributed by atoms with Crippen LogP contribution in [0.25, 0.3) is 23.2 Å². The van der Waals surface area contributed by atoms with Crippen LogP contribution in [0.15, 0.2) is 94.1 Å².